The van der Waals surface area contributed by atoms with Crippen molar-refractivity contribution in [1.82, 2.24) is 5.32 Å². The molecule has 2 N–H and O–H groups in total. The molecule has 2 rings (SSSR count). The average molecular weight is 438 g/mol. The number of amides is 1. The Morgan fingerprint density at radius 2 is 2.03 bits per heavy atom. The summed E-state index contributed by atoms with van der Waals surface area (Å²) in [4.78, 5) is 35.6. The summed E-state index contributed by atoms with van der Waals surface area (Å²) in [5.41, 5.74) is 3.00. The molecule has 30 heavy (non-hydrogen) atoms. The molecule has 0 saturated heterocycles. The molecule has 1 aromatic carbocycles. The first kappa shape index (κ1) is 23.6. The van der Waals surface area contributed by atoms with E-state index in [-0.39, 0.29) is 36.0 Å². The van der Waals surface area contributed by atoms with Crippen LogP contribution in [0.15, 0.2) is 11.6 Å². The van der Waals surface area contributed by atoms with Gasteiger partial charge in [-0.25, -0.2) is 9.59 Å². The maximum atomic E-state index is 12.1. The smallest absolute Gasteiger partial charge is 0.342 e. The van der Waals surface area contributed by atoms with Gasteiger partial charge in [-0.15, -0.1) is 0 Å². The summed E-state index contributed by atoms with van der Waals surface area (Å²) in [5.74, 6) is -0.849. The van der Waals surface area contributed by atoms with Crippen LogP contribution in [0, 0.1) is 6.92 Å². The van der Waals surface area contributed by atoms with E-state index in [1.807, 2.05) is 19.9 Å². The number of fused-ring (bicyclic) bond motifs is 1. The highest BCUT2D eigenvalue weighted by atomic mass is 32.1. The number of esters is 2. The number of nitrogens with one attached hydrogen (secondary N) is 1. The van der Waals surface area contributed by atoms with Crippen molar-refractivity contribution in [3.05, 3.63) is 33.9 Å². The van der Waals surface area contributed by atoms with Gasteiger partial charge in [-0.3, -0.25) is 4.79 Å². The molecular formula is C21H27NO7S. The number of phenolic OH excluding ortho intramolecular Hbond substituents is 1. The lowest BCUT2D eigenvalue weighted by atomic mass is 9.94. The second-order valence-corrected chi connectivity index (χ2v) is 7.36. The van der Waals surface area contributed by atoms with Crippen LogP contribution in [0.4, 0.5) is 0 Å². The largest absolute Gasteiger partial charge is 0.507 e. The lowest BCUT2D eigenvalue weighted by molar-refractivity contribution is -0.144. The minimum absolute atomic E-state index is 0.118. The molecule has 9 heteroatoms. The van der Waals surface area contributed by atoms with E-state index in [0.717, 1.165) is 11.1 Å². The number of cyclic esters (lactones) is 1. The first-order chi connectivity index (χ1) is 14.2. The Balaban J connectivity index is 2.08. The van der Waals surface area contributed by atoms with Crippen molar-refractivity contribution >= 4 is 30.5 Å². The third-order valence-corrected chi connectivity index (χ3v) is 5.42. The van der Waals surface area contributed by atoms with Crippen LogP contribution in [0.25, 0.3) is 0 Å². The number of hydrogen-bond acceptors (Lipinski definition) is 8. The number of ether oxygens (including phenoxy) is 3. The van der Waals surface area contributed by atoms with E-state index in [0.29, 0.717) is 29.7 Å². The summed E-state index contributed by atoms with van der Waals surface area (Å²) in [6.45, 7) is 3.80. The number of benzene rings is 1. The lowest BCUT2D eigenvalue weighted by Crippen LogP contribution is -2.42. The summed E-state index contributed by atoms with van der Waals surface area (Å²) in [7, 11) is 2.76. The van der Waals surface area contributed by atoms with E-state index >= 15 is 0 Å². The van der Waals surface area contributed by atoms with Crippen molar-refractivity contribution in [2.24, 2.45) is 0 Å². The molecule has 1 aliphatic rings. The van der Waals surface area contributed by atoms with Gasteiger partial charge in [0.15, 0.2) is 0 Å². The molecular weight excluding hydrogens is 410 g/mol. The van der Waals surface area contributed by atoms with Gasteiger partial charge in [0, 0.05) is 23.3 Å². The number of allylic oxidation sites excluding steroid dienone is 2. The van der Waals surface area contributed by atoms with Crippen molar-refractivity contribution in [2.45, 2.75) is 45.8 Å². The van der Waals surface area contributed by atoms with Gasteiger partial charge in [-0.2, -0.15) is 12.6 Å². The first-order valence-corrected chi connectivity index (χ1v) is 10.1. The van der Waals surface area contributed by atoms with Gasteiger partial charge in [0.2, 0.25) is 5.91 Å². The number of aromatic hydroxyl groups is 1. The Morgan fingerprint density at radius 1 is 1.33 bits per heavy atom. The highest BCUT2D eigenvalue weighted by molar-refractivity contribution is 7.80. The Labute approximate surface area is 181 Å². The van der Waals surface area contributed by atoms with Crippen LogP contribution in [0.1, 0.15) is 46.8 Å². The molecule has 1 aromatic rings. The number of rotatable bonds is 9. The van der Waals surface area contributed by atoms with Crippen LogP contribution in [0.2, 0.25) is 0 Å². The molecule has 1 aliphatic heterocycles. The molecule has 1 unspecified atom stereocenters. The Morgan fingerprint density at radius 3 is 2.63 bits per heavy atom. The van der Waals surface area contributed by atoms with Crippen LogP contribution >= 0.6 is 12.6 Å². The number of carbonyl (C=O) groups excluding carboxylic acids is 3. The normalized spacial score (nSPS) is 14.0. The molecule has 164 valence electrons. The molecule has 1 atom stereocenters. The zero-order valence-corrected chi connectivity index (χ0v) is 18.4. The third-order valence-electron chi connectivity index (χ3n) is 5.05. The van der Waals surface area contributed by atoms with Gasteiger partial charge in [-0.1, -0.05) is 11.6 Å². The third kappa shape index (κ3) is 5.08. The van der Waals surface area contributed by atoms with E-state index in [2.05, 4.69) is 22.7 Å². The molecule has 0 aliphatic carbocycles. The zero-order chi connectivity index (χ0) is 22.4. The van der Waals surface area contributed by atoms with Crippen LogP contribution in [0.3, 0.4) is 0 Å². The number of hydrogen-bond donors (Lipinski definition) is 3. The highest BCUT2D eigenvalue weighted by Crippen LogP contribution is 2.42. The topological polar surface area (TPSA) is 111 Å². The number of phenols is 1. The molecule has 0 bridgehead atoms. The van der Waals surface area contributed by atoms with Crippen LogP contribution in [-0.2, 0) is 32.1 Å². The van der Waals surface area contributed by atoms with Gasteiger partial charge in [0.1, 0.15) is 29.7 Å². The molecule has 0 fully saturated rings. The van der Waals surface area contributed by atoms with Crippen molar-refractivity contribution in [2.75, 3.05) is 20.0 Å². The number of methoxy groups -OCH3 is 2. The average Bonchev–Trinajstić information content (AvgIpc) is 3.13. The van der Waals surface area contributed by atoms with Gasteiger partial charge in [0.25, 0.3) is 0 Å². The Hall–Kier alpha value is -2.68. The van der Waals surface area contributed by atoms with Gasteiger partial charge < -0.3 is 24.6 Å². The fourth-order valence-electron chi connectivity index (χ4n) is 3.30. The molecule has 8 nitrogen and oxygen atoms in total. The summed E-state index contributed by atoms with van der Waals surface area (Å²) in [5, 5.41) is 13.2. The quantitative estimate of drug-likeness (QED) is 0.309. The molecule has 0 saturated carbocycles. The summed E-state index contributed by atoms with van der Waals surface area (Å²) >= 11 is 4.04. The van der Waals surface area contributed by atoms with Crippen LogP contribution in [0.5, 0.6) is 11.5 Å². The van der Waals surface area contributed by atoms with Crippen molar-refractivity contribution in [3.8, 4) is 11.5 Å². The van der Waals surface area contributed by atoms with E-state index in [4.69, 9.17) is 9.47 Å². The fourth-order valence-corrected chi connectivity index (χ4v) is 3.55. The second kappa shape index (κ2) is 10.4. The SMILES string of the molecule is COC(=O)C(CS)NC(=O)CC/C(C)=C/Cc1c(O)c2c(c(C)c1OC)COC2=O. The van der Waals surface area contributed by atoms with Crippen LogP contribution < -0.4 is 10.1 Å². The van der Waals surface area contributed by atoms with Crippen molar-refractivity contribution < 1.29 is 33.7 Å². The molecule has 1 heterocycles. The minimum atomic E-state index is -0.787. The van der Waals surface area contributed by atoms with E-state index in [1.54, 1.807) is 0 Å². The first-order valence-electron chi connectivity index (χ1n) is 9.47. The van der Waals surface area contributed by atoms with Crippen molar-refractivity contribution in [1.29, 1.82) is 0 Å². The molecule has 0 aromatic heterocycles. The fraction of sp³-hybridized carbons (Fsp3) is 0.476. The maximum absolute atomic E-state index is 12.1. The summed E-state index contributed by atoms with van der Waals surface area (Å²) in [6.07, 6.45) is 2.84. The lowest BCUT2D eigenvalue weighted by Gasteiger charge is -2.16. The van der Waals surface area contributed by atoms with Crippen LogP contribution in [-0.4, -0.2) is 49.0 Å². The summed E-state index contributed by atoms with van der Waals surface area (Å²) < 4.78 is 15.1. The predicted octanol–water partition coefficient (Wildman–Crippen LogP) is 2.24. The molecule has 1 amide bonds. The van der Waals surface area contributed by atoms with Gasteiger partial charge >= 0.3 is 11.9 Å². The molecule has 0 radical (unpaired) electrons. The minimum Gasteiger partial charge on any atom is -0.507 e. The highest BCUT2D eigenvalue weighted by Gasteiger charge is 2.31. The van der Waals surface area contributed by atoms with Gasteiger partial charge in [0.05, 0.1) is 14.2 Å². The zero-order valence-electron chi connectivity index (χ0n) is 17.5. The monoisotopic (exact) mass is 437 g/mol. The van der Waals surface area contributed by atoms with E-state index in [9.17, 15) is 19.5 Å². The maximum Gasteiger partial charge on any atom is 0.342 e. The van der Waals surface area contributed by atoms with E-state index < -0.39 is 18.0 Å². The van der Waals surface area contributed by atoms with E-state index in [1.165, 1.54) is 14.2 Å². The Bertz CT molecular complexity index is 879. The van der Waals surface area contributed by atoms with Crippen molar-refractivity contribution in [3.63, 3.8) is 0 Å². The van der Waals surface area contributed by atoms with Gasteiger partial charge in [-0.05, 0) is 32.3 Å². The number of thiol groups is 1. The standard InChI is InChI=1S/C21H27NO7S/c1-11(6-8-16(23)22-15(10-30)20(25)28-4)5-7-13-18(24)17-14(9-29-21(17)26)12(2)19(13)27-3/h5,15,24,30H,6-10H2,1-4H3,(H,22,23)/b11-5+. The molecule has 0 spiro atoms. The second-order valence-electron chi connectivity index (χ2n) is 7.00. The predicted molar refractivity (Wildman–Crippen MR) is 113 cm³/mol. The Kier molecular flexibility index (Phi) is 8.16. The number of carbonyl (C=O) groups is 3. The summed E-state index contributed by atoms with van der Waals surface area (Å²) in [6, 6.07) is -0.787.